The van der Waals surface area contributed by atoms with E-state index >= 15 is 0 Å². The van der Waals surface area contributed by atoms with Crippen LogP contribution >= 0.6 is 0 Å². The fourth-order valence-corrected chi connectivity index (χ4v) is 5.12. The van der Waals surface area contributed by atoms with E-state index in [4.69, 9.17) is 0 Å². The molecule has 0 amide bonds. The van der Waals surface area contributed by atoms with E-state index in [0.29, 0.717) is 29.8 Å². The Morgan fingerprint density at radius 3 is 2.00 bits per heavy atom. The smallest absolute Gasteiger partial charge is 0.207 e. The lowest BCUT2D eigenvalue weighted by atomic mass is 9.94. The molecule has 0 radical (unpaired) electrons. The first kappa shape index (κ1) is 15.5. The summed E-state index contributed by atoms with van der Waals surface area (Å²) < 4.78 is 27.4. The van der Waals surface area contributed by atoms with Gasteiger partial charge in [-0.15, -0.1) is 0 Å². The Bertz CT molecular complexity index is 597. The van der Waals surface area contributed by atoms with Crippen LogP contribution in [0.2, 0.25) is 0 Å². The van der Waals surface area contributed by atoms with Crippen LogP contribution in [-0.2, 0) is 10.0 Å². The molecule has 1 fully saturated rings. The van der Waals surface area contributed by atoms with Gasteiger partial charge in [0.15, 0.2) is 0 Å². The Labute approximate surface area is 123 Å². The third-order valence-electron chi connectivity index (χ3n) is 4.24. The number of hydrogen-bond acceptors (Lipinski definition) is 2. The second-order valence-corrected chi connectivity index (χ2v) is 8.38. The lowest BCUT2D eigenvalue weighted by Gasteiger charge is -2.34. The largest absolute Gasteiger partial charge is 0.243 e. The molecule has 2 atom stereocenters. The van der Waals surface area contributed by atoms with Gasteiger partial charge in [-0.2, -0.15) is 4.31 Å². The first-order chi connectivity index (χ1) is 9.21. The Morgan fingerprint density at radius 1 is 0.950 bits per heavy atom. The maximum Gasteiger partial charge on any atom is 0.243 e. The Balaban J connectivity index is 2.42. The van der Waals surface area contributed by atoms with Crippen LogP contribution in [0.25, 0.3) is 0 Å². The van der Waals surface area contributed by atoms with Crippen molar-refractivity contribution in [2.24, 2.45) is 11.8 Å². The number of aryl methyl sites for hydroxylation is 3. The van der Waals surface area contributed by atoms with E-state index in [1.54, 1.807) is 4.31 Å². The highest BCUT2D eigenvalue weighted by Gasteiger charge is 2.32. The van der Waals surface area contributed by atoms with E-state index in [0.717, 1.165) is 23.1 Å². The number of nitrogens with zero attached hydrogens (tertiary/aromatic N) is 1. The van der Waals surface area contributed by atoms with Crippen LogP contribution < -0.4 is 0 Å². The molecule has 20 heavy (non-hydrogen) atoms. The van der Waals surface area contributed by atoms with Gasteiger partial charge in [-0.3, -0.25) is 0 Å². The molecule has 1 heterocycles. The monoisotopic (exact) mass is 295 g/mol. The maximum atomic E-state index is 12.9. The van der Waals surface area contributed by atoms with Crippen molar-refractivity contribution in [1.29, 1.82) is 0 Å². The Morgan fingerprint density at radius 2 is 1.45 bits per heavy atom. The van der Waals surface area contributed by atoms with Gasteiger partial charge in [0, 0.05) is 13.1 Å². The third-order valence-corrected chi connectivity index (χ3v) is 6.22. The number of rotatable bonds is 2. The molecular formula is C16H25NO2S. The third kappa shape index (κ3) is 2.91. The molecule has 1 aromatic carbocycles. The van der Waals surface area contributed by atoms with E-state index in [1.165, 1.54) is 0 Å². The topological polar surface area (TPSA) is 37.4 Å². The van der Waals surface area contributed by atoms with E-state index in [9.17, 15) is 8.42 Å². The highest BCUT2D eigenvalue weighted by Crippen LogP contribution is 2.29. The molecule has 0 aromatic heterocycles. The molecule has 0 aliphatic carbocycles. The molecule has 0 saturated carbocycles. The van der Waals surface area contributed by atoms with Gasteiger partial charge in [-0.05, 0) is 61.8 Å². The second kappa shape index (κ2) is 5.49. The number of hydrogen-bond donors (Lipinski definition) is 0. The van der Waals surface area contributed by atoms with Crippen molar-refractivity contribution in [3.8, 4) is 0 Å². The lowest BCUT2D eigenvalue weighted by molar-refractivity contribution is 0.222. The van der Waals surface area contributed by atoms with Crippen molar-refractivity contribution in [1.82, 2.24) is 4.31 Å². The summed E-state index contributed by atoms with van der Waals surface area (Å²) in [5.74, 6) is 0.862. The van der Waals surface area contributed by atoms with Crippen LogP contribution in [0.15, 0.2) is 17.0 Å². The molecule has 0 N–H and O–H groups in total. The predicted octanol–water partition coefficient (Wildman–Crippen LogP) is 3.28. The summed E-state index contributed by atoms with van der Waals surface area (Å²) in [6.07, 6.45) is 1.11. The highest BCUT2D eigenvalue weighted by atomic mass is 32.2. The highest BCUT2D eigenvalue weighted by molar-refractivity contribution is 7.89. The summed E-state index contributed by atoms with van der Waals surface area (Å²) in [4.78, 5) is 0.474. The average molecular weight is 295 g/mol. The van der Waals surface area contributed by atoms with Crippen molar-refractivity contribution in [3.05, 3.63) is 28.8 Å². The fourth-order valence-electron chi connectivity index (χ4n) is 3.15. The van der Waals surface area contributed by atoms with E-state index in [2.05, 4.69) is 13.8 Å². The fraction of sp³-hybridized carbons (Fsp3) is 0.625. The molecule has 112 valence electrons. The zero-order valence-corrected chi connectivity index (χ0v) is 13.9. The van der Waals surface area contributed by atoms with Crippen molar-refractivity contribution < 1.29 is 8.42 Å². The summed E-state index contributed by atoms with van der Waals surface area (Å²) >= 11 is 0. The molecule has 4 heteroatoms. The minimum absolute atomic E-state index is 0.431. The minimum Gasteiger partial charge on any atom is -0.207 e. The molecule has 2 rings (SSSR count). The van der Waals surface area contributed by atoms with Crippen LogP contribution in [0.3, 0.4) is 0 Å². The van der Waals surface area contributed by atoms with E-state index in [1.807, 2.05) is 32.9 Å². The normalized spacial score (nSPS) is 24.9. The first-order valence-electron chi connectivity index (χ1n) is 7.29. The summed E-state index contributed by atoms with van der Waals surface area (Å²) in [6, 6.07) is 3.79. The molecule has 3 nitrogen and oxygen atoms in total. The van der Waals surface area contributed by atoms with Crippen molar-refractivity contribution in [3.63, 3.8) is 0 Å². The van der Waals surface area contributed by atoms with Crippen molar-refractivity contribution in [2.45, 2.75) is 45.9 Å². The van der Waals surface area contributed by atoms with Crippen molar-refractivity contribution in [2.75, 3.05) is 13.1 Å². The van der Waals surface area contributed by atoms with Crippen LogP contribution in [0, 0.1) is 32.6 Å². The molecule has 0 spiro atoms. The minimum atomic E-state index is -3.36. The van der Waals surface area contributed by atoms with Crippen LogP contribution in [0.5, 0.6) is 0 Å². The van der Waals surface area contributed by atoms with Crippen LogP contribution in [-0.4, -0.2) is 25.8 Å². The van der Waals surface area contributed by atoms with Crippen LogP contribution in [0.4, 0.5) is 0 Å². The van der Waals surface area contributed by atoms with E-state index in [-0.39, 0.29) is 0 Å². The first-order valence-corrected chi connectivity index (χ1v) is 8.73. The summed E-state index contributed by atoms with van der Waals surface area (Å²) in [6.45, 7) is 11.4. The average Bonchev–Trinajstić information content (AvgIpc) is 2.32. The maximum absolute atomic E-state index is 12.9. The van der Waals surface area contributed by atoms with Gasteiger partial charge in [0.2, 0.25) is 10.0 Å². The SMILES string of the molecule is Cc1cc(C)c(S(=O)(=O)N2CC(C)CC(C)C2)cc1C. The van der Waals surface area contributed by atoms with Gasteiger partial charge < -0.3 is 0 Å². The zero-order chi connectivity index (χ0) is 15.1. The number of sulfonamides is 1. The number of piperidine rings is 1. The standard InChI is InChI=1S/C16H25NO2S/c1-11-6-12(2)10-17(9-11)20(18,19)16-8-14(4)13(3)7-15(16)5/h7-8,11-12H,6,9-10H2,1-5H3. The summed E-state index contributed by atoms with van der Waals surface area (Å²) in [7, 11) is -3.36. The van der Waals surface area contributed by atoms with E-state index < -0.39 is 10.0 Å². The second-order valence-electron chi connectivity index (χ2n) is 6.47. The van der Waals surface area contributed by atoms with Gasteiger partial charge in [0.1, 0.15) is 0 Å². The molecular weight excluding hydrogens is 270 g/mol. The van der Waals surface area contributed by atoms with Crippen LogP contribution in [0.1, 0.15) is 37.0 Å². The summed E-state index contributed by atoms with van der Waals surface area (Å²) in [5, 5.41) is 0. The molecule has 1 aromatic rings. The van der Waals surface area contributed by atoms with Gasteiger partial charge in [-0.25, -0.2) is 8.42 Å². The summed E-state index contributed by atoms with van der Waals surface area (Å²) in [5.41, 5.74) is 3.02. The quantitative estimate of drug-likeness (QED) is 0.839. The zero-order valence-electron chi connectivity index (χ0n) is 13.1. The van der Waals surface area contributed by atoms with Gasteiger partial charge in [0.05, 0.1) is 4.90 Å². The predicted molar refractivity (Wildman–Crippen MR) is 82.4 cm³/mol. The van der Waals surface area contributed by atoms with Gasteiger partial charge in [-0.1, -0.05) is 19.9 Å². The van der Waals surface area contributed by atoms with Crippen molar-refractivity contribution >= 4 is 10.0 Å². The Kier molecular flexibility index (Phi) is 4.26. The molecule has 2 unspecified atom stereocenters. The number of benzene rings is 1. The molecule has 1 aliphatic heterocycles. The Hall–Kier alpha value is -0.870. The molecule has 1 aliphatic rings. The van der Waals surface area contributed by atoms with Gasteiger partial charge in [0.25, 0.3) is 0 Å². The van der Waals surface area contributed by atoms with Gasteiger partial charge >= 0.3 is 0 Å². The molecule has 1 saturated heterocycles. The lowest BCUT2D eigenvalue weighted by Crippen LogP contribution is -2.42. The molecule has 0 bridgehead atoms.